The number of rotatable bonds is 4. The Morgan fingerprint density at radius 3 is 2.40 bits per heavy atom. The van der Waals surface area contributed by atoms with Crippen LogP contribution in [0.25, 0.3) is 0 Å². The number of hydrogen-bond acceptors (Lipinski definition) is 4. The van der Waals surface area contributed by atoms with Crippen molar-refractivity contribution in [1.29, 1.82) is 0 Å². The van der Waals surface area contributed by atoms with Gasteiger partial charge >= 0.3 is 6.18 Å². The number of anilines is 1. The summed E-state index contributed by atoms with van der Waals surface area (Å²) in [6.07, 6.45) is -4.69. The fourth-order valence-corrected chi connectivity index (χ4v) is 1.53. The largest absolute Gasteiger partial charge is 0.451 e. The van der Waals surface area contributed by atoms with Crippen molar-refractivity contribution in [3.05, 3.63) is 17.0 Å². The summed E-state index contributed by atoms with van der Waals surface area (Å²) in [5.74, 6) is -1.61. The number of halogens is 4. The average molecular weight is 311 g/mol. The fraction of sp³-hybridized carbons (Fsp3) is 0.545. The molecule has 0 fully saturated rings. The highest BCUT2D eigenvalue weighted by molar-refractivity contribution is 6.29. The van der Waals surface area contributed by atoms with Crippen molar-refractivity contribution in [2.45, 2.75) is 13.1 Å². The molecule has 0 aliphatic carbocycles. The molecule has 1 rings (SSSR count). The number of amides is 1. The highest BCUT2D eigenvalue weighted by Crippen LogP contribution is 2.29. The molecule has 0 N–H and O–H groups in total. The van der Waals surface area contributed by atoms with Gasteiger partial charge in [-0.2, -0.15) is 13.2 Å². The molecular weight excluding hydrogens is 297 g/mol. The standard InChI is InChI=1S/C11H14ClF3N4O/c1-4-19(6-9(20)18(2)3)8-5-7(12)16-10(17-8)11(13,14)15/h5H,4,6H2,1-3H3. The van der Waals surface area contributed by atoms with Crippen LogP contribution in [0.1, 0.15) is 12.7 Å². The molecular formula is C11H14ClF3N4O. The molecule has 0 bridgehead atoms. The third kappa shape index (κ3) is 4.22. The van der Waals surface area contributed by atoms with E-state index in [1.165, 1.54) is 15.9 Å². The molecule has 0 atom stereocenters. The number of nitrogens with zero attached hydrogens (tertiary/aromatic N) is 4. The van der Waals surface area contributed by atoms with E-state index in [0.717, 1.165) is 0 Å². The van der Waals surface area contributed by atoms with E-state index in [4.69, 9.17) is 11.6 Å². The molecule has 0 spiro atoms. The van der Waals surface area contributed by atoms with Gasteiger partial charge in [0.05, 0.1) is 6.54 Å². The van der Waals surface area contributed by atoms with Crippen LogP contribution in [0.3, 0.4) is 0 Å². The van der Waals surface area contributed by atoms with Crippen molar-refractivity contribution in [1.82, 2.24) is 14.9 Å². The van der Waals surface area contributed by atoms with Crippen molar-refractivity contribution in [3.8, 4) is 0 Å². The molecule has 5 nitrogen and oxygen atoms in total. The molecule has 1 heterocycles. The third-order valence-corrected chi connectivity index (χ3v) is 2.66. The molecule has 9 heteroatoms. The highest BCUT2D eigenvalue weighted by atomic mass is 35.5. The lowest BCUT2D eigenvalue weighted by molar-refractivity contribution is -0.144. The van der Waals surface area contributed by atoms with Crippen LogP contribution in [0.4, 0.5) is 19.0 Å². The highest BCUT2D eigenvalue weighted by Gasteiger charge is 2.35. The van der Waals surface area contributed by atoms with Crippen LogP contribution in [-0.4, -0.2) is 48.0 Å². The monoisotopic (exact) mass is 310 g/mol. The van der Waals surface area contributed by atoms with E-state index in [9.17, 15) is 18.0 Å². The second-order valence-corrected chi connectivity index (χ2v) is 4.56. The lowest BCUT2D eigenvalue weighted by Crippen LogP contribution is -2.37. The Kier molecular flexibility index (Phi) is 5.15. The zero-order valence-corrected chi connectivity index (χ0v) is 12.0. The van der Waals surface area contributed by atoms with E-state index in [2.05, 4.69) is 9.97 Å². The summed E-state index contributed by atoms with van der Waals surface area (Å²) < 4.78 is 37.9. The molecule has 112 valence electrons. The molecule has 20 heavy (non-hydrogen) atoms. The molecule has 0 radical (unpaired) electrons. The second kappa shape index (κ2) is 6.25. The topological polar surface area (TPSA) is 49.3 Å². The van der Waals surface area contributed by atoms with Crippen LogP contribution in [0.2, 0.25) is 5.15 Å². The summed E-state index contributed by atoms with van der Waals surface area (Å²) in [7, 11) is 3.12. The van der Waals surface area contributed by atoms with Crippen LogP contribution in [0, 0.1) is 0 Å². The molecule has 0 aromatic carbocycles. The third-order valence-electron chi connectivity index (χ3n) is 2.47. The molecule has 1 aromatic rings. The Labute approximate surface area is 119 Å². The van der Waals surface area contributed by atoms with Crippen LogP contribution in [0.5, 0.6) is 0 Å². The van der Waals surface area contributed by atoms with E-state index in [1.807, 2.05) is 0 Å². The van der Waals surface area contributed by atoms with Crippen molar-refractivity contribution in [2.24, 2.45) is 0 Å². The minimum Gasteiger partial charge on any atom is -0.347 e. The van der Waals surface area contributed by atoms with Crippen molar-refractivity contribution < 1.29 is 18.0 Å². The second-order valence-electron chi connectivity index (χ2n) is 4.17. The first kappa shape index (κ1) is 16.5. The fourth-order valence-electron chi connectivity index (χ4n) is 1.35. The maximum absolute atomic E-state index is 12.6. The number of carbonyl (C=O) groups excluding carboxylic acids is 1. The van der Waals surface area contributed by atoms with Crippen LogP contribution in [-0.2, 0) is 11.0 Å². The first-order valence-electron chi connectivity index (χ1n) is 5.72. The van der Waals surface area contributed by atoms with Gasteiger partial charge in [-0.3, -0.25) is 4.79 Å². The van der Waals surface area contributed by atoms with Gasteiger partial charge in [0.1, 0.15) is 11.0 Å². The predicted octanol–water partition coefficient (Wildman–Crippen LogP) is 2.06. The van der Waals surface area contributed by atoms with Gasteiger partial charge in [0.15, 0.2) is 0 Å². The minimum atomic E-state index is -4.69. The van der Waals surface area contributed by atoms with Crippen molar-refractivity contribution in [3.63, 3.8) is 0 Å². The van der Waals surface area contributed by atoms with Crippen LogP contribution in [0.15, 0.2) is 6.07 Å². The maximum atomic E-state index is 12.6. The van der Waals surface area contributed by atoms with Gasteiger partial charge in [0.2, 0.25) is 11.7 Å². The molecule has 1 amide bonds. The summed E-state index contributed by atoms with van der Waals surface area (Å²) in [4.78, 5) is 20.9. The zero-order chi connectivity index (χ0) is 15.5. The van der Waals surface area contributed by atoms with Crippen LogP contribution < -0.4 is 4.90 Å². The Hall–Kier alpha value is -1.57. The first-order valence-corrected chi connectivity index (χ1v) is 6.09. The Morgan fingerprint density at radius 2 is 1.95 bits per heavy atom. The van der Waals surface area contributed by atoms with Gasteiger partial charge in [-0.15, -0.1) is 0 Å². The van der Waals surface area contributed by atoms with Crippen molar-refractivity contribution >= 4 is 23.3 Å². The molecule has 1 aromatic heterocycles. The molecule has 0 saturated heterocycles. The lowest BCUT2D eigenvalue weighted by Gasteiger charge is -2.23. The quantitative estimate of drug-likeness (QED) is 0.799. The van der Waals surface area contributed by atoms with Crippen LogP contribution >= 0.6 is 11.6 Å². The number of hydrogen-bond donors (Lipinski definition) is 0. The van der Waals surface area contributed by atoms with E-state index in [-0.39, 0.29) is 23.4 Å². The average Bonchev–Trinajstić information content (AvgIpc) is 2.33. The van der Waals surface area contributed by atoms with E-state index >= 15 is 0 Å². The van der Waals surface area contributed by atoms with Gasteiger partial charge in [0, 0.05) is 26.7 Å². The smallest absolute Gasteiger partial charge is 0.347 e. The minimum absolute atomic E-state index is 0.0324. The number of likely N-dealkylation sites (N-methyl/N-ethyl adjacent to an activating group) is 2. The number of carbonyl (C=O) groups is 1. The summed E-state index contributed by atoms with van der Waals surface area (Å²) in [6.45, 7) is 1.92. The van der Waals surface area contributed by atoms with E-state index < -0.39 is 12.0 Å². The summed E-state index contributed by atoms with van der Waals surface area (Å²) in [6, 6.07) is 1.20. The summed E-state index contributed by atoms with van der Waals surface area (Å²) >= 11 is 5.58. The van der Waals surface area contributed by atoms with Gasteiger partial charge in [-0.1, -0.05) is 11.6 Å². The summed E-state index contributed by atoms with van der Waals surface area (Å²) in [5, 5.41) is -0.321. The van der Waals surface area contributed by atoms with Gasteiger partial charge < -0.3 is 9.80 Å². The zero-order valence-electron chi connectivity index (χ0n) is 11.2. The summed E-state index contributed by atoms with van der Waals surface area (Å²) in [5.41, 5.74) is 0. The lowest BCUT2D eigenvalue weighted by atomic mass is 10.4. The van der Waals surface area contributed by atoms with E-state index in [0.29, 0.717) is 6.54 Å². The number of aromatic nitrogens is 2. The van der Waals surface area contributed by atoms with Crippen molar-refractivity contribution in [2.75, 3.05) is 32.1 Å². The first-order chi connectivity index (χ1) is 9.15. The SMILES string of the molecule is CCN(CC(=O)N(C)C)c1cc(Cl)nc(C(F)(F)F)n1. The molecule has 0 saturated carbocycles. The molecule has 0 aliphatic rings. The van der Waals surface area contributed by atoms with Gasteiger partial charge in [-0.25, -0.2) is 9.97 Å². The Morgan fingerprint density at radius 1 is 1.35 bits per heavy atom. The molecule has 0 aliphatic heterocycles. The van der Waals surface area contributed by atoms with Gasteiger partial charge in [-0.05, 0) is 6.92 Å². The Balaban J connectivity index is 3.10. The Bertz CT molecular complexity index is 493. The molecule has 0 unspecified atom stereocenters. The maximum Gasteiger partial charge on any atom is 0.451 e. The predicted molar refractivity (Wildman–Crippen MR) is 68.6 cm³/mol. The van der Waals surface area contributed by atoms with Gasteiger partial charge in [0.25, 0.3) is 0 Å². The van der Waals surface area contributed by atoms with E-state index in [1.54, 1.807) is 21.0 Å². The normalized spacial score (nSPS) is 11.3. The number of alkyl halides is 3.